The third-order valence-electron chi connectivity index (χ3n) is 2.72. The van der Waals surface area contributed by atoms with E-state index in [-0.39, 0.29) is 5.69 Å². The second-order valence-electron chi connectivity index (χ2n) is 4.03. The molecule has 1 heterocycles. The molecule has 0 saturated heterocycles. The van der Waals surface area contributed by atoms with Crippen LogP contribution in [0.4, 0.5) is 5.69 Å². The molecule has 0 spiro atoms. The monoisotopic (exact) mass is 275 g/mol. The van der Waals surface area contributed by atoms with Crippen LogP contribution in [-0.4, -0.2) is 4.92 Å². The zero-order valence-corrected chi connectivity index (χ0v) is 11.0. The topological polar surface area (TPSA) is 47.0 Å². The summed E-state index contributed by atoms with van der Waals surface area (Å²) in [4.78, 5) is 10.3. The summed E-state index contributed by atoms with van der Waals surface area (Å²) in [6.07, 6.45) is 5.56. The van der Waals surface area contributed by atoms with Crippen molar-refractivity contribution in [3.63, 3.8) is 0 Å². The molecule has 4 nitrogen and oxygen atoms in total. The standard InChI is InChI=1S/C14H12ClN2O2/c1-16-9-3-2-4-12(16)6-5-11-10-13(17(18)19)7-8-14(11)15/h2-10H,1H3/q+1/b6-5+. The Kier molecular flexibility index (Phi) is 3.92. The van der Waals surface area contributed by atoms with Gasteiger partial charge < -0.3 is 0 Å². The number of aromatic nitrogens is 1. The van der Waals surface area contributed by atoms with Gasteiger partial charge in [-0.25, -0.2) is 4.57 Å². The number of hydrogen-bond donors (Lipinski definition) is 0. The number of aryl methyl sites for hydroxylation is 1. The lowest BCUT2D eigenvalue weighted by Crippen LogP contribution is -2.30. The zero-order chi connectivity index (χ0) is 13.8. The van der Waals surface area contributed by atoms with Gasteiger partial charge >= 0.3 is 0 Å². The van der Waals surface area contributed by atoms with E-state index in [0.29, 0.717) is 10.6 Å². The van der Waals surface area contributed by atoms with Crippen molar-refractivity contribution in [2.24, 2.45) is 7.05 Å². The van der Waals surface area contributed by atoms with Crippen molar-refractivity contribution in [2.75, 3.05) is 0 Å². The first-order chi connectivity index (χ1) is 9.08. The van der Waals surface area contributed by atoms with Crippen LogP contribution < -0.4 is 4.57 Å². The molecule has 2 rings (SSSR count). The summed E-state index contributed by atoms with van der Waals surface area (Å²) in [6.45, 7) is 0. The van der Waals surface area contributed by atoms with Crippen molar-refractivity contribution in [1.29, 1.82) is 0 Å². The van der Waals surface area contributed by atoms with Gasteiger partial charge in [-0.2, -0.15) is 0 Å². The van der Waals surface area contributed by atoms with Crippen molar-refractivity contribution in [2.45, 2.75) is 0 Å². The minimum absolute atomic E-state index is 0.0292. The van der Waals surface area contributed by atoms with Gasteiger partial charge in [0.05, 0.1) is 4.92 Å². The smallest absolute Gasteiger partial charge is 0.258 e. The minimum Gasteiger partial charge on any atom is -0.258 e. The van der Waals surface area contributed by atoms with Crippen LogP contribution in [-0.2, 0) is 7.05 Å². The maximum absolute atomic E-state index is 10.7. The van der Waals surface area contributed by atoms with Crippen LogP contribution in [0.25, 0.3) is 12.2 Å². The van der Waals surface area contributed by atoms with Gasteiger partial charge in [0, 0.05) is 40.9 Å². The molecule has 0 fully saturated rings. The highest BCUT2D eigenvalue weighted by molar-refractivity contribution is 6.32. The Bertz CT molecular complexity index is 654. The summed E-state index contributed by atoms with van der Waals surface area (Å²) in [7, 11) is 1.93. The molecule has 0 bridgehead atoms. The molecule has 0 radical (unpaired) electrons. The third-order valence-corrected chi connectivity index (χ3v) is 3.06. The molecule has 1 aromatic carbocycles. The molecule has 0 atom stereocenters. The average molecular weight is 276 g/mol. The lowest BCUT2D eigenvalue weighted by molar-refractivity contribution is -0.673. The molecule has 0 N–H and O–H groups in total. The molecular formula is C14H12ClN2O2+. The first kappa shape index (κ1) is 13.2. The van der Waals surface area contributed by atoms with Gasteiger partial charge in [-0.3, -0.25) is 10.1 Å². The number of pyridine rings is 1. The van der Waals surface area contributed by atoms with Crippen LogP contribution in [0.5, 0.6) is 0 Å². The number of halogens is 1. The van der Waals surface area contributed by atoms with Crippen LogP contribution >= 0.6 is 11.6 Å². The van der Waals surface area contributed by atoms with Gasteiger partial charge in [-0.05, 0) is 18.2 Å². The molecule has 0 aliphatic heterocycles. The molecule has 0 aliphatic rings. The quantitative estimate of drug-likeness (QED) is 0.490. The highest BCUT2D eigenvalue weighted by Crippen LogP contribution is 2.23. The molecule has 96 valence electrons. The Balaban J connectivity index is 2.35. The highest BCUT2D eigenvalue weighted by atomic mass is 35.5. The fourth-order valence-corrected chi connectivity index (χ4v) is 1.84. The fourth-order valence-electron chi connectivity index (χ4n) is 1.66. The Hall–Kier alpha value is -2.20. The molecular weight excluding hydrogens is 264 g/mol. The highest BCUT2D eigenvalue weighted by Gasteiger charge is 2.08. The molecule has 0 unspecified atom stereocenters. The molecule has 5 heteroatoms. The zero-order valence-electron chi connectivity index (χ0n) is 10.3. The van der Waals surface area contributed by atoms with Crippen LogP contribution in [0.15, 0.2) is 42.6 Å². The van der Waals surface area contributed by atoms with Crippen molar-refractivity contribution in [1.82, 2.24) is 0 Å². The molecule has 0 saturated carbocycles. The van der Waals surface area contributed by atoms with Crippen LogP contribution in [0.3, 0.4) is 0 Å². The minimum atomic E-state index is -0.434. The Labute approximate surface area is 115 Å². The van der Waals surface area contributed by atoms with Gasteiger partial charge in [-0.1, -0.05) is 11.6 Å². The number of hydrogen-bond acceptors (Lipinski definition) is 2. The van der Waals surface area contributed by atoms with Gasteiger partial charge in [-0.15, -0.1) is 0 Å². The molecule has 1 aromatic heterocycles. The second kappa shape index (κ2) is 5.63. The van der Waals surface area contributed by atoms with E-state index in [1.54, 1.807) is 6.08 Å². The summed E-state index contributed by atoms with van der Waals surface area (Å²) in [5.74, 6) is 0. The Morgan fingerprint density at radius 2 is 2.05 bits per heavy atom. The number of rotatable bonds is 3. The van der Waals surface area contributed by atoms with E-state index in [0.717, 1.165) is 5.69 Å². The number of non-ortho nitro benzene ring substituents is 1. The summed E-state index contributed by atoms with van der Waals surface area (Å²) >= 11 is 6.03. The van der Waals surface area contributed by atoms with Crippen LogP contribution in [0.2, 0.25) is 5.02 Å². The van der Waals surface area contributed by atoms with Crippen molar-refractivity contribution in [3.8, 4) is 0 Å². The Morgan fingerprint density at radius 1 is 1.26 bits per heavy atom. The van der Waals surface area contributed by atoms with E-state index in [1.807, 2.05) is 42.1 Å². The van der Waals surface area contributed by atoms with Gasteiger partial charge in [0.25, 0.3) is 5.69 Å². The predicted molar refractivity (Wildman–Crippen MR) is 74.7 cm³/mol. The van der Waals surface area contributed by atoms with E-state index in [2.05, 4.69) is 0 Å². The molecule has 0 aliphatic carbocycles. The van der Waals surface area contributed by atoms with E-state index < -0.39 is 4.92 Å². The predicted octanol–water partition coefficient (Wildman–Crippen LogP) is 3.24. The summed E-state index contributed by atoms with van der Waals surface area (Å²) in [5.41, 5.74) is 1.63. The van der Waals surface area contributed by atoms with E-state index in [4.69, 9.17) is 11.6 Å². The number of nitrogens with zero attached hydrogens (tertiary/aromatic N) is 2. The number of nitro groups is 1. The van der Waals surface area contributed by atoms with E-state index in [9.17, 15) is 10.1 Å². The Morgan fingerprint density at radius 3 is 2.74 bits per heavy atom. The summed E-state index contributed by atoms with van der Waals surface area (Å²) < 4.78 is 1.95. The lowest BCUT2D eigenvalue weighted by atomic mass is 10.1. The number of benzene rings is 1. The first-order valence-electron chi connectivity index (χ1n) is 5.64. The van der Waals surface area contributed by atoms with Crippen molar-refractivity contribution in [3.05, 3.63) is 69.0 Å². The van der Waals surface area contributed by atoms with Gasteiger partial charge in [0.15, 0.2) is 6.20 Å². The number of nitro benzene ring substituents is 1. The van der Waals surface area contributed by atoms with E-state index in [1.165, 1.54) is 18.2 Å². The maximum atomic E-state index is 10.7. The summed E-state index contributed by atoms with van der Waals surface area (Å²) in [6, 6.07) is 10.2. The van der Waals surface area contributed by atoms with Crippen molar-refractivity contribution >= 4 is 29.4 Å². The average Bonchev–Trinajstić information content (AvgIpc) is 2.39. The second-order valence-corrected chi connectivity index (χ2v) is 4.44. The SMILES string of the molecule is C[n+]1ccccc1/C=C/c1cc([N+](=O)[O-])ccc1Cl. The fraction of sp³-hybridized carbons (Fsp3) is 0.0714. The maximum Gasteiger partial charge on any atom is 0.270 e. The lowest BCUT2D eigenvalue weighted by Gasteiger charge is -1.98. The molecule has 2 aromatic rings. The normalized spacial score (nSPS) is 10.8. The van der Waals surface area contributed by atoms with Crippen molar-refractivity contribution < 1.29 is 9.49 Å². The van der Waals surface area contributed by atoms with Crippen LogP contribution in [0.1, 0.15) is 11.3 Å². The van der Waals surface area contributed by atoms with E-state index >= 15 is 0 Å². The largest absolute Gasteiger partial charge is 0.270 e. The van der Waals surface area contributed by atoms with Gasteiger partial charge in [0.2, 0.25) is 5.69 Å². The molecule has 0 amide bonds. The molecule has 19 heavy (non-hydrogen) atoms. The summed E-state index contributed by atoms with van der Waals surface area (Å²) in [5, 5.41) is 11.2. The van der Waals surface area contributed by atoms with Gasteiger partial charge in [0.1, 0.15) is 7.05 Å². The first-order valence-corrected chi connectivity index (χ1v) is 6.02. The third kappa shape index (κ3) is 3.17. The van der Waals surface area contributed by atoms with Crippen LogP contribution in [0, 0.1) is 10.1 Å².